The van der Waals surface area contributed by atoms with E-state index in [4.69, 9.17) is 4.74 Å². The molecule has 1 aliphatic rings. The van der Waals surface area contributed by atoms with Gasteiger partial charge in [0.15, 0.2) is 5.65 Å². The van der Waals surface area contributed by atoms with Crippen LogP contribution < -0.4 is 0 Å². The summed E-state index contributed by atoms with van der Waals surface area (Å²) in [5.41, 5.74) is 4.60. The zero-order chi connectivity index (χ0) is 16.7. The fourth-order valence-electron chi connectivity index (χ4n) is 3.23. The van der Waals surface area contributed by atoms with E-state index in [-0.39, 0.29) is 11.9 Å². The number of H-pyrrole nitrogens is 2. The highest BCUT2D eigenvalue weighted by Crippen LogP contribution is 2.29. The summed E-state index contributed by atoms with van der Waals surface area (Å²) in [7, 11) is 0. The number of aromatic amines is 2. The van der Waals surface area contributed by atoms with E-state index in [1.165, 1.54) is 0 Å². The smallest absolute Gasteiger partial charge is 0.273 e. The summed E-state index contributed by atoms with van der Waals surface area (Å²) in [6.07, 6.45) is 1.57. The third kappa shape index (κ3) is 2.35. The van der Waals surface area contributed by atoms with Gasteiger partial charge < -0.3 is 14.6 Å². The molecule has 0 saturated carbocycles. The van der Waals surface area contributed by atoms with E-state index in [1.54, 1.807) is 12.4 Å². The maximum Gasteiger partial charge on any atom is 0.273 e. The van der Waals surface area contributed by atoms with Crippen LogP contribution in [-0.4, -0.2) is 55.7 Å². The van der Waals surface area contributed by atoms with Crippen LogP contribution in [-0.2, 0) is 4.74 Å². The number of aromatic nitrogens is 5. The Hall–Kier alpha value is -2.74. The molecule has 0 spiro atoms. The number of aryl methyl sites for hydroxylation is 2. The SMILES string of the molecule is Cc1n[nH]c(C)c1C1COCCN1C(=O)c1ccc2[nH]cnc2n1. The first-order valence-corrected chi connectivity index (χ1v) is 7.85. The van der Waals surface area contributed by atoms with Crippen LogP contribution in [0.1, 0.15) is 33.5 Å². The van der Waals surface area contributed by atoms with Crippen molar-refractivity contribution in [1.82, 2.24) is 30.0 Å². The lowest BCUT2D eigenvalue weighted by atomic mass is 10.0. The molecule has 3 aromatic rings. The van der Waals surface area contributed by atoms with Crippen molar-refractivity contribution in [3.8, 4) is 0 Å². The first kappa shape index (κ1) is 14.8. The Morgan fingerprint density at radius 3 is 3.04 bits per heavy atom. The van der Waals surface area contributed by atoms with Crippen molar-refractivity contribution < 1.29 is 9.53 Å². The van der Waals surface area contributed by atoms with E-state index >= 15 is 0 Å². The second-order valence-electron chi connectivity index (χ2n) is 5.91. The van der Waals surface area contributed by atoms with Gasteiger partial charge in [-0.2, -0.15) is 5.10 Å². The fraction of sp³-hybridized carbons (Fsp3) is 0.375. The lowest BCUT2D eigenvalue weighted by Gasteiger charge is -2.35. The summed E-state index contributed by atoms with van der Waals surface area (Å²) in [5.74, 6) is -0.117. The van der Waals surface area contributed by atoms with Crippen LogP contribution in [0.4, 0.5) is 0 Å². The highest BCUT2D eigenvalue weighted by atomic mass is 16.5. The Balaban J connectivity index is 1.70. The van der Waals surface area contributed by atoms with Gasteiger partial charge in [0.25, 0.3) is 5.91 Å². The molecule has 4 rings (SSSR count). The predicted octanol–water partition coefficient (Wildman–Crippen LogP) is 1.51. The van der Waals surface area contributed by atoms with Crippen molar-refractivity contribution in [3.05, 3.63) is 41.1 Å². The van der Waals surface area contributed by atoms with Gasteiger partial charge in [0.05, 0.1) is 36.8 Å². The van der Waals surface area contributed by atoms with Crippen LogP contribution in [0.25, 0.3) is 11.2 Å². The van der Waals surface area contributed by atoms with Crippen LogP contribution in [0.5, 0.6) is 0 Å². The third-order valence-electron chi connectivity index (χ3n) is 4.41. The van der Waals surface area contributed by atoms with Crippen molar-refractivity contribution >= 4 is 17.1 Å². The average Bonchev–Trinajstić information content (AvgIpc) is 3.20. The number of nitrogens with one attached hydrogen (secondary N) is 2. The van der Waals surface area contributed by atoms with Gasteiger partial charge >= 0.3 is 0 Å². The summed E-state index contributed by atoms with van der Waals surface area (Å²) >= 11 is 0. The largest absolute Gasteiger partial charge is 0.377 e. The van der Waals surface area contributed by atoms with Crippen LogP contribution in [0.15, 0.2) is 18.5 Å². The van der Waals surface area contributed by atoms with E-state index in [0.717, 1.165) is 22.5 Å². The van der Waals surface area contributed by atoms with E-state index in [9.17, 15) is 4.79 Å². The van der Waals surface area contributed by atoms with Gasteiger partial charge in [-0.3, -0.25) is 9.89 Å². The fourth-order valence-corrected chi connectivity index (χ4v) is 3.23. The number of hydrogen-bond donors (Lipinski definition) is 2. The summed E-state index contributed by atoms with van der Waals surface area (Å²) in [4.78, 5) is 26.3. The molecule has 1 amide bonds. The van der Waals surface area contributed by atoms with E-state index < -0.39 is 0 Å². The average molecular weight is 326 g/mol. The number of morpholine rings is 1. The highest BCUT2D eigenvalue weighted by Gasteiger charge is 2.33. The van der Waals surface area contributed by atoms with Crippen LogP contribution in [0, 0.1) is 13.8 Å². The maximum atomic E-state index is 13.0. The Kier molecular flexibility index (Phi) is 3.53. The second kappa shape index (κ2) is 5.72. The van der Waals surface area contributed by atoms with Gasteiger partial charge in [-0.05, 0) is 26.0 Å². The Morgan fingerprint density at radius 1 is 1.38 bits per heavy atom. The molecule has 1 saturated heterocycles. The molecule has 4 heterocycles. The zero-order valence-electron chi connectivity index (χ0n) is 13.5. The minimum atomic E-state index is -0.165. The molecule has 8 nitrogen and oxygen atoms in total. The topological polar surface area (TPSA) is 99.8 Å². The summed E-state index contributed by atoms with van der Waals surface area (Å²) < 4.78 is 5.62. The molecule has 0 radical (unpaired) electrons. The standard InChI is InChI=1S/C16H18N6O2/c1-9-14(10(2)21-20-9)13-7-24-6-5-22(13)16(23)12-4-3-11-15(19-12)18-8-17-11/h3-4,8,13H,5-7H2,1-2H3,(H,20,21)(H,17,18,19). The van der Waals surface area contributed by atoms with Crippen molar-refractivity contribution in [1.29, 1.82) is 0 Å². The van der Waals surface area contributed by atoms with Gasteiger partial charge in [0.2, 0.25) is 0 Å². The van der Waals surface area contributed by atoms with Gasteiger partial charge in [0, 0.05) is 17.8 Å². The zero-order valence-corrected chi connectivity index (χ0v) is 13.5. The molecule has 3 aromatic heterocycles. The normalized spacial score (nSPS) is 18.2. The molecule has 1 atom stereocenters. The highest BCUT2D eigenvalue weighted by molar-refractivity contribution is 5.94. The molecule has 0 bridgehead atoms. The molecular weight excluding hydrogens is 308 g/mol. The molecule has 1 unspecified atom stereocenters. The second-order valence-corrected chi connectivity index (χ2v) is 5.91. The predicted molar refractivity (Wildman–Crippen MR) is 86.5 cm³/mol. The summed E-state index contributed by atoms with van der Waals surface area (Å²) in [5, 5.41) is 7.22. The Bertz CT molecular complexity index is 879. The van der Waals surface area contributed by atoms with Gasteiger partial charge in [0.1, 0.15) is 5.69 Å². The van der Waals surface area contributed by atoms with Crippen molar-refractivity contribution in [2.24, 2.45) is 0 Å². The quantitative estimate of drug-likeness (QED) is 0.743. The third-order valence-corrected chi connectivity index (χ3v) is 4.41. The minimum absolute atomic E-state index is 0.117. The molecule has 0 aliphatic carbocycles. The molecule has 24 heavy (non-hydrogen) atoms. The molecule has 8 heteroatoms. The molecule has 0 aromatic carbocycles. The molecule has 1 fully saturated rings. The van der Waals surface area contributed by atoms with E-state index in [1.807, 2.05) is 24.8 Å². The molecule has 1 aliphatic heterocycles. The number of hydrogen-bond acceptors (Lipinski definition) is 5. The van der Waals surface area contributed by atoms with Crippen LogP contribution in [0.2, 0.25) is 0 Å². The van der Waals surface area contributed by atoms with Gasteiger partial charge in [-0.25, -0.2) is 9.97 Å². The number of carbonyl (C=O) groups excluding carboxylic acids is 1. The lowest BCUT2D eigenvalue weighted by Crippen LogP contribution is -2.44. The first-order chi connectivity index (χ1) is 11.6. The van der Waals surface area contributed by atoms with Crippen molar-refractivity contribution in [2.75, 3.05) is 19.8 Å². The maximum absolute atomic E-state index is 13.0. The molecular formula is C16H18N6O2. The number of fused-ring (bicyclic) bond motifs is 1. The van der Waals surface area contributed by atoms with Crippen LogP contribution >= 0.6 is 0 Å². The number of ether oxygens (including phenoxy) is 1. The minimum Gasteiger partial charge on any atom is -0.377 e. The van der Waals surface area contributed by atoms with Crippen molar-refractivity contribution in [3.63, 3.8) is 0 Å². The van der Waals surface area contributed by atoms with E-state index in [0.29, 0.717) is 31.1 Å². The van der Waals surface area contributed by atoms with Gasteiger partial charge in [-0.15, -0.1) is 0 Å². The first-order valence-electron chi connectivity index (χ1n) is 7.85. The number of imidazole rings is 1. The van der Waals surface area contributed by atoms with E-state index in [2.05, 4.69) is 25.1 Å². The number of nitrogens with zero attached hydrogens (tertiary/aromatic N) is 4. The number of carbonyl (C=O) groups is 1. The number of rotatable bonds is 2. The molecule has 124 valence electrons. The number of pyridine rings is 1. The van der Waals surface area contributed by atoms with Crippen LogP contribution in [0.3, 0.4) is 0 Å². The van der Waals surface area contributed by atoms with Crippen molar-refractivity contribution in [2.45, 2.75) is 19.9 Å². The Morgan fingerprint density at radius 2 is 2.25 bits per heavy atom. The summed E-state index contributed by atoms with van der Waals surface area (Å²) in [6, 6.07) is 3.39. The van der Waals surface area contributed by atoms with Gasteiger partial charge in [-0.1, -0.05) is 0 Å². The summed E-state index contributed by atoms with van der Waals surface area (Å²) in [6.45, 7) is 5.39. The lowest BCUT2D eigenvalue weighted by molar-refractivity contribution is -0.00330. The monoisotopic (exact) mass is 326 g/mol. The Labute approximate surface area is 138 Å². The molecule has 2 N–H and O–H groups in total. The number of amides is 1.